The van der Waals surface area contributed by atoms with Crippen molar-refractivity contribution in [3.05, 3.63) is 11.8 Å². The smallest absolute Gasteiger partial charge is 0.118 e. The lowest BCUT2D eigenvalue weighted by Crippen LogP contribution is -1.82. The van der Waals surface area contributed by atoms with Crippen LogP contribution in [0.4, 0.5) is 0 Å². The second-order valence-electron chi connectivity index (χ2n) is 2.40. The van der Waals surface area contributed by atoms with E-state index < -0.39 is 0 Å². The Bertz CT molecular complexity index is 255. The minimum atomic E-state index is 0.883. The molecule has 0 fully saturated rings. The molecule has 0 atom stereocenters. The van der Waals surface area contributed by atoms with Crippen LogP contribution in [0.3, 0.4) is 0 Å². The Balaban J connectivity index is 2.51. The highest BCUT2D eigenvalue weighted by Crippen LogP contribution is 2.10. The Kier molecular flexibility index (Phi) is 3.87. The predicted molar refractivity (Wildman–Crippen MR) is 53.1 cm³/mol. The lowest BCUT2D eigenvalue weighted by molar-refractivity contribution is 0.934. The molecular weight excluding hydrogens is 170 g/mol. The molecule has 1 aromatic rings. The molecule has 0 radical (unpaired) electrons. The Morgan fingerprint density at radius 3 is 3.17 bits per heavy atom. The van der Waals surface area contributed by atoms with Gasteiger partial charge in [-0.2, -0.15) is 5.10 Å². The molecule has 0 spiro atoms. The third-order valence-corrected chi connectivity index (χ3v) is 1.99. The molecule has 66 valence electrons. The number of aromatic amines is 1. The minimum absolute atomic E-state index is 0.883. The maximum Gasteiger partial charge on any atom is 0.118 e. The van der Waals surface area contributed by atoms with Crippen molar-refractivity contribution >= 4 is 18.0 Å². The second kappa shape index (κ2) is 4.98. The fourth-order valence-electron chi connectivity index (χ4n) is 0.780. The lowest BCUT2D eigenvalue weighted by Gasteiger charge is -1.84. The summed E-state index contributed by atoms with van der Waals surface area (Å²) in [5.74, 6) is 0. The van der Waals surface area contributed by atoms with Crippen molar-refractivity contribution < 1.29 is 0 Å². The van der Waals surface area contributed by atoms with Gasteiger partial charge in [-0.1, -0.05) is 6.92 Å². The number of aliphatic imine (C=N–C) groups is 1. The van der Waals surface area contributed by atoms with Crippen LogP contribution in [0.15, 0.2) is 16.1 Å². The van der Waals surface area contributed by atoms with Gasteiger partial charge in [0, 0.05) is 12.8 Å². The first kappa shape index (κ1) is 9.32. The molecule has 1 N–H and O–H groups in total. The van der Waals surface area contributed by atoms with Crippen molar-refractivity contribution in [2.75, 3.05) is 12.8 Å². The summed E-state index contributed by atoms with van der Waals surface area (Å²) < 4.78 is 0. The van der Waals surface area contributed by atoms with Gasteiger partial charge in [-0.15, -0.1) is 11.8 Å². The Labute approximate surface area is 76.7 Å². The van der Waals surface area contributed by atoms with Gasteiger partial charge in [-0.3, -0.25) is 10.1 Å². The van der Waals surface area contributed by atoms with E-state index in [9.17, 15) is 0 Å². The van der Waals surface area contributed by atoms with Gasteiger partial charge in [0.2, 0.25) is 0 Å². The van der Waals surface area contributed by atoms with E-state index in [4.69, 9.17) is 0 Å². The van der Waals surface area contributed by atoms with Gasteiger partial charge in [0.15, 0.2) is 0 Å². The largest absolute Gasteiger partial charge is 0.291 e. The van der Waals surface area contributed by atoms with E-state index in [1.165, 1.54) is 0 Å². The number of aromatic nitrogens is 2. The fraction of sp³-hybridized carbons (Fsp3) is 0.500. The summed E-state index contributed by atoms with van der Waals surface area (Å²) in [7, 11) is 0. The number of thioether (sulfide) groups is 1. The topological polar surface area (TPSA) is 41.0 Å². The molecule has 0 amide bonds. The zero-order valence-electron chi connectivity index (χ0n) is 7.37. The predicted octanol–water partition coefficient (Wildman–Crippen LogP) is 1.96. The normalized spacial score (nSPS) is 11.2. The highest BCUT2D eigenvalue weighted by Gasteiger charge is 1.94. The summed E-state index contributed by atoms with van der Waals surface area (Å²) in [6.45, 7) is 2.99. The molecule has 0 unspecified atom stereocenters. The quantitative estimate of drug-likeness (QED) is 0.572. The third kappa shape index (κ3) is 2.70. The summed E-state index contributed by atoms with van der Waals surface area (Å²) in [6, 6.07) is 1.99. The summed E-state index contributed by atoms with van der Waals surface area (Å²) in [6.07, 6.45) is 4.92. The zero-order chi connectivity index (χ0) is 8.81. The van der Waals surface area contributed by atoms with Crippen molar-refractivity contribution in [1.82, 2.24) is 10.2 Å². The molecule has 0 aromatic carbocycles. The molecule has 0 aliphatic carbocycles. The summed E-state index contributed by atoms with van der Waals surface area (Å²) in [5, 5.41) is 7.96. The van der Waals surface area contributed by atoms with Crippen molar-refractivity contribution in [3.8, 4) is 0 Å². The molecule has 0 saturated heterocycles. The van der Waals surface area contributed by atoms with Gasteiger partial charge in [-0.25, -0.2) is 0 Å². The van der Waals surface area contributed by atoms with Gasteiger partial charge in [0.1, 0.15) is 5.03 Å². The summed E-state index contributed by atoms with van der Waals surface area (Å²) in [5.41, 5.74) is 0.979. The maximum absolute atomic E-state index is 4.20. The molecule has 1 rings (SSSR count). The molecule has 0 saturated carbocycles. The van der Waals surface area contributed by atoms with Crippen molar-refractivity contribution in [1.29, 1.82) is 0 Å². The van der Waals surface area contributed by atoms with E-state index in [-0.39, 0.29) is 0 Å². The molecular formula is C8H13N3S. The number of hydrogen-bond donors (Lipinski definition) is 1. The van der Waals surface area contributed by atoms with Crippen LogP contribution in [0.2, 0.25) is 0 Å². The van der Waals surface area contributed by atoms with E-state index in [2.05, 4.69) is 22.1 Å². The molecule has 0 bridgehead atoms. The number of rotatable bonds is 4. The first-order valence-electron chi connectivity index (χ1n) is 3.96. The van der Waals surface area contributed by atoms with E-state index in [0.717, 1.165) is 23.7 Å². The highest BCUT2D eigenvalue weighted by molar-refractivity contribution is 7.98. The van der Waals surface area contributed by atoms with Crippen LogP contribution in [-0.2, 0) is 0 Å². The third-order valence-electron chi connectivity index (χ3n) is 1.37. The van der Waals surface area contributed by atoms with E-state index in [0.29, 0.717) is 0 Å². The van der Waals surface area contributed by atoms with Crippen molar-refractivity contribution in [2.24, 2.45) is 4.99 Å². The average molecular weight is 183 g/mol. The number of nitrogens with zero attached hydrogens (tertiary/aromatic N) is 2. The Hall–Kier alpha value is -0.770. The van der Waals surface area contributed by atoms with Crippen molar-refractivity contribution in [3.63, 3.8) is 0 Å². The maximum atomic E-state index is 4.20. The first-order chi connectivity index (χ1) is 5.86. The number of H-pyrrole nitrogens is 1. The van der Waals surface area contributed by atoms with Gasteiger partial charge in [-0.05, 0) is 18.7 Å². The lowest BCUT2D eigenvalue weighted by atomic mass is 10.4. The Morgan fingerprint density at radius 2 is 2.58 bits per heavy atom. The monoisotopic (exact) mass is 183 g/mol. The SMILES string of the molecule is CCC/N=C/c1cc(SC)n[nH]1. The molecule has 12 heavy (non-hydrogen) atoms. The van der Waals surface area contributed by atoms with E-state index in [1.54, 1.807) is 11.8 Å². The van der Waals surface area contributed by atoms with Crippen LogP contribution in [-0.4, -0.2) is 29.2 Å². The van der Waals surface area contributed by atoms with E-state index >= 15 is 0 Å². The van der Waals surface area contributed by atoms with Gasteiger partial charge in [0.05, 0.1) is 5.69 Å². The molecule has 0 aliphatic heterocycles. The highest BCUT2D eigenvalue weighted by atomic mass is 32.2. The minimum Gasteiger partial charge on any atom is -0.291 e. The Morgan fingerprint density at radius 1 is 1.75 bits per heavy atom. The fourth-order valence-corrected chi connectivity index (χ4v) is 1.16. The molecule has 3 nitrogen and oxygen atoms in total. The molecule has 1 aromatic heterocycles. The van der Waals surface area contributed by atoms with Crippen LogP contribution in [0.5, 0.6) is 0 Å². The van der Waals surface area contributed by atoms with Gasteiger partial charge < -0.3 is 0 Å². The van der Waals surface area contributed by atoms with Crippen LogP contribution in [0.1, 0.15) is 19.0 Å². The number of hydrogen-bond acceptors (Lipinski definition) is 3. The van der Waals surface area contributed by atoms with Gasteiger partial charge >= 0.3 is 0 Å². The van der Waals surface area contributed by atoms with Crippen LogP contribution < -0.4 is 0 Å². The van der Waals surface area contributed by atoms with Gasteiger partial charge in [0.25, 0.3) is 0 Å². The molecule has 0 aliphatic rings. The summed E-state index contributed by atoms with van der Waals surface area (Å²) >= 11 is 1.62. The first-order valence-corrected chi connectivity index (χ1v) is 5.18. The zero-order valence-corrected chi connectivity index (χ0v) is 8.19. The summed E-state index contributed by atoms with van der Waals surface area (Å²) in [4.78, 5) is 4.20. The number of nitrogens with one attached hydrogen (secondary N) is 1. The standard InChI is InChI=1S/C8H13N3S/c1-3-4-9-6-7-5-8(12-2)11-10-7/h5-6H,3-4H2,1-2H3,(H,10,11)/b9-6+. The second-order valence-corrected chi connectivity index (χ2v) is 3.23. The van der Waals surface area contributed by atoms with Crippen molar-refractivity contribution in [2.45, 2.75) is 18.4 Å². The van der Waals surface area contributed by atoms with Crippen LogP contribution >= 0.6 is 11.8 Å². The van der Waals surface area contributed by atoms with E-state index in [1.807, 2.05) is 18.5 Å². The molecule has 1 heterocycles. The van der Waals surface area contributed by atoms with Crippen LogP contribution in [0, 0.1) is 0 Å². The molecule has 4 heteroatoms. The van der Waals surface area contributed by atoms with Crippen LogP contribution in [0.25, 0.3) is 0 Å². The average Bonchev–Trinajstić information content (AvgIpc) is 2.53.